The van der Waals surface area contributed by atoms with Crippen LogP contribution in [-0.4, -0.2) is 20.2 Å². The minimum Gasteiger partial charge on any atom is -0.496 e. The van der Waals surface area contributed by atoms with Crippen LogP contribution in [0.5, 0.6) is 5.75 Å². The van der Waals surface area contributed by atoms with Gasteiger partial charge < -0.3 is 10.1 Å². The largest absolute Gasteiger partial charge is 0.496 e. The van der Waals surface area contributed by atoms with Crippen molar-refractivity contribution >= 4 is 23.2 Å². The third-order valence-corrected chi connectivity index (χ3v) is 3.77. The number of ether oxygens (including phenoxy) is 1. The van der Waals surface area contributed by atoms with Crippen molar-refractivity contribution in [2.45, 2.75) is 18.8 Å². The van der Waals surface area contributed by atoms with Crippen molar-refractivity contribution in [3.8, 4) is 5.75 Å². The van der Waals surface area contributed by atoms with Gasteiger partial charge in [-0.3, -0.25) is 0 Å². The molecule has 1 N–H and O–H groups in total. The summed E-state index contributed by atoms with van der Waals surface area (Å²) in [5, 5.41) is 4.51. The van der Waals surface area contributed by atoms with Crippen molar-refractivity contribution in [2.24, 2.45) is 0 Å². The summed E-state index contributed by atoms with van der Waals surface area (Å²) in [5.41, 5.74) is 1.18. The summed E-state index contributed by atoms with van der Waals surface area (Å²) in [7, 11) is 1.67. The van der Waals surface area contributed by atoms with Gasteiger partial charge in [-0.1, -0.05) is 23.2 Å². The van der Waals surface area contributed by atoms with Gasteiger partial charge in [-0.2, -0.15) is 0 Å². The molecule has 2 rings (SSSR count). The van der Waals surface area contributed by atoms with Gasteiger partial charge in [0.15, 0.2) is 0 Å². The van der Waals surface area contributed by atoms with Gasteiger partial charge >= 0.3 is 0 Å². The van der Waals surface area contributed by atoms with Crippen LogP contribution in [0.2, 0.25) is 10.0 Å². The van der Waals surface area contributed by atoms with Crippen molar-refractivity contribution in [1.29, 1.82) is 0 Å². The van der Waals surface area contributed by atoms with Gasteiger partial charge in [0.1, 0.15) is 5.75 Å². The lowest BCUT2D eigenvalue weighted by Crippen LogP contribution is -2.26. The standard InChI is InChI=1S/C12H15Cl2NO/c1-16-12-7-11(14)10(13)6-9(12)8-2-4-15-5-3-8/h6-8,15H,2-5H2,1H3. The van der Waals surface area contributed by atoms with E-state index in [9.17, 15) is 0 Å². The second kappa shape index (κ2) is 5.26. The lowest BCUT2D eigenvalue weighted by atomic mass is 9.89. The fourth-order valence-electron chi connectivity index (χ4n) is 2.17. The molecule has 0 amide bonds. The van der Waals surface area contributed by atoms with Crippen molar-refractivity contribution in [3.63, 3.8) is 0 Å². The molecule has 16 heavy (non-hydrogen) atoms. The van der Waals surface area contributed by atoms with Gasteiger partial charge in [0.2, 0.25) is 0 Å². The maximum absolute atomic E-state index is 6.06. The van der Waals surface area contributed by atoms with E-state index in [0.717, 1.165) is 31.7 Å². The number of benzene rings is 1. The van der Waals surface area contributed by atoms with Crippen LogP contribution in [0, 0.1) is 0 Å². The van der Waals surface area contributed by atoms with E-state index in [1.54, 1.807) is 13.2 Å². The van der Waals surface area contributed by atoms with Crippen LogP contribution in [0.1, 0.15) is 24.3 Å². The van der Waals surface area contributed by atoms with E-state index in [-0.39, 0.29) is 0 Å². The molecule has 0 spiro atoms. The molecule has 1 aromatic carbocycles. The molecule has 0 atom stereocenters. The average Bonchev–Trinajstić information content (AvgIpc) is 2.33. The van der Waals surface area contributed by atoms with Gasteiger partial charge in [0.05, 0.1) is 17.2 Å². The van der Waals surface area contributed by atoms with E-state index < -0.39 is 0 Å². The molecule has 4 heteroatoms. The lowest BCUT2D eigenvalue weighted by molar-refractivity contribution is 0.391. The SMILES string of the molecule is COc1cc(Cl)c(Cl)cc1C1CCNCC1. The molecule has 88 valence electrons. The Bertz CT molecular complexity index is 376. The fraction of sp³-hybridized carbons (Fsp3) is 0.500. The van der Waals surface area contributed by atoms with Crippen LogP contribution in [0.3, 0.4) is 0 Å². The Morgan fingerprint density at radius 3 is 2.44 bits per heavy atom. The van der Waals surface area contributed by atoms with Crippen molar-refractivity contribution in [2.75, 3.05) is 20.2 Å². The molecule has 0 saturated carbocycles. The van der Waals surface area contributed by atoms with E-state index >= 15 is 0 Å². The first-order valence-corrected chi connectivity index (χ1v) is 6.21. The van der Waals surface area contributed by atoms with Crippen LogP contribution >= 0.6 is 23.2 Å². The summed E-state index contributed by atoms with van der Waals surface area (Å²) < 4.78 is 5.37. The summed E-state index contributed by atoms with van der Waals surface area (Å²) >= 11 is 12.0. The van der Waals surface area contributed by atoms with Crippen molar-refractivity contribution < 1.29 is 4.74 Å². The normalized spacial score (nSPS) is 17.4. The number of piperidine rings is 1. The number of halogens is 2. The highest BCUT2D eigenvalue weighted by Gasteiger charge is 2.20. The molecule has 0 aliphatic carbocycles. The summed E-state index contributed by atoms with van der Waals surface area (Å²) in [4.78, 5) is 0. The van der Waals surface area contributed by atoms with Gasteiger partial charge in [0, 0.05) is 6.07 Å². The van der Waals surface area contributed by atoms with Crippen molar-refractivity contribution in [3.05, 3.63) is 27.7 Å². The molecule has 1 aromatic rings. The molecule has 0 aromatic heterocycles. The molecule has 0 radical (unpaired) electrons. The first kappa shape index (κ1) is 12.0. The molecule has 0 bridgehead atoms. The minimum atomic E-state index is 0.519. The van der Waals surface area contributed by atoms with E-state index in [2.05, 4.69) is 5.32 Å². The molecule has 1 aliphatic rings. The zero-order valence-corrected chi connectivity index (χ0v) is 10.7. The number of hydrogen-bond donors (Lipinski definition) is 1. The topological polar surface area (TPSA) is 21.3 Å². The Hall–Kier alpha value is -0.440. The van der Waals surface area contributed by atoms with Gasteiger partial charge in [-0.25, -0.2) is 0 Å². The quantitative estimate of drug-likeness (QED) is 0.879. The molecule has 1 heterocycles. The zero-order valence-electron chi connectivity index (χ0n) is 9.22. The highest BCUT2D eigenvalue weighted by molar-refractivity contribution is 6.42. The maximum atomic E-state index is 6.06. The minimum absolute atomic E-state index is 0.519. The molecule has 2 nitrogen and oxygen atoms in total. The van der Waals surface area contributed by atoms with E-state index in [1.165, 1.54) is 5.56 Å². The highest BCUT2D eigenvalue weighted by atomic mass is 35.5. The predicted molar refractivity (Wildman–Crippen MR) is 67.9 cm³/mol. The third kappa shape index (κ3) is 2.45. The van der Waals surface area contributed by atoms with E-state index in [1.807, 2.05) is 6.07 Å². The molecule has 0 unspecified atom stereocenters. The smallest absolute Gasteiger partial charge is 0.123 e. The first-order valence-electron chi connectivity index (χ1n) is 5.46. The van der Waals surface area contributed by atoms with Crippen LogP contribution in [-0.2, 0) is 0 Å². The van der Waals surface area contributed by atoms with Crippen LogP contribution < -0.4 is 10.1 Å². The Labute approximate surface area is 106 Å². The van der Waals surface area contributed by atoms with E-state index in [4.69, 9.17) is 27.9 Å². The third-order valence-electron chi connectivity index (χ3n) is 3.05. The Balaban J connectivity index is 2.33. The summed E-state index contributed by atoms with van der Waals surface area (Å²) in [6.07, 6.45) is 2.24. The first-order chi connectivity index (χ1) is 7.72. The maximum Gasteiger partial charge on any atom is 0.123 e. The van der Waals surface area contributed by atoms with Crippen LogP contribution in [0.4, 0.5) is 0 Å². The van der Waals surface area contributed by atoms with Crippen LogP contribution in [0.15, 0.2) is 12.1 Å². The lowest BCUT2D eigenvalue weighted by Gasteiger charge is -2.24. The van der Waals surface area contributed by atoms with Gasteiger partial charge in [-0.15, -0.1) is 0 Å². The fourth-order valence-corrected chi connectivity index (χ4v) is 2.50. The number of nitrogens with one attached hydrogen (secondary N) is 1. The Morgan fingerprint density at radius 2 is 1.81 bits per heavy atom. The van der Waals surface area contributed by atoms with Crippen molar-refractivity contribution in [1.82, 2.24) is 5.32 Å². The second-order valence-electron chi connectivity index (χ2n) is 4.03. The van der Waals surface area contributed by atoms with E-state index in [0.29, 0.717) is 16.0 Å². The zero-order chi connectivity index (χ0) is 11.5. The number of methoxy groups -OCH3 is 1. The summed E-state index contributed by atoms with van der Waals surface area (Å²) in [6, 6.07) is 3.75. The number of hydrogen-bond acceptors (Lipinski definition) is 2. The molecule has 1 saturated heterocycles. The second-order valence-corrected chi connectivity index (χ2v) is 4.85. The predicted octanol–water partition coefficient (Wildman–Crippen LogP) is 3.47. The monoisotopic (exact) mass is 259 g/mol. The van der Waals surface area contributed by atoms with Gasteiger partial charge in [-0.05, 0) is 43.5 Å². The van der Waals surface area contributed by atoms with Crippen LogP contribution in [0.25, 0.3) is 0 Å². The molecule has 1 fully saturated rings. The number of rotatable bonds is 2. The summed E-state index contributed by atoms with van der Waals surface area (Å²) in [6.45, 7) is 2.10. The van der Waals surface area contributed by atoms with Gasteiger partial charge in [0.25, 0.3) is 0 Å². The summed E-state index contributed by atoms with van der Waals surface area (Å²) in [5.74, 6) is 1.37. The average molecular weight is 260 g/mol. The molecular formula is C12H15Cl2NO. The Kier molecular flexibility index (Phi) is 3.95. The molecule has 1 aliphatic heterocycles. The molecular weight excluding hydrogens is 245 g/mol. The Morgan fingerprint density at radius 1 is 1.19 bits per heavy atom. The highest BCUT2D eigenvalue weighted by Crippen LogP contribution is 2.37.